The third-order valence-corrected chi connectivity index (χ3v) is 3.85. The molecule has 1 amide bonds. The molecule has 0 atom stereocenters. The van der Waals surface area contributed by atoms with E-state index in [-0.39, 0.29) is 10.4 Å². The van der Waals surface area contributed by atoms with Crippen LogP contribution in [0.2, 0.25) is 0 Å². The molecule has 0 radical (unpaired) electrons. The van der Waals surface area contributed by atoms with Crippen molar-refractivity contribution < 1.29 is 9.18 Å². The van der Waals surface area contributed by atoms with Gasteiger partial charge in [0.1, 0.15) is 5.82 Å². The molecular weight excluding hydrogens is 319 g/mol. The third-order valence-electron chi connectivity index (χ3n) is 2.41. The molecule has 0 saturated carbocycles. The van der Waals surface area contributed by atoms with Crippen molar-refractivity contribution in [3.05, 3.63) is 50.6 Å². The van der Waals surface area contributed by atoms with Gasteiger partial charge in [0, 0.05) is 12.4 Å². The van der Waals surface area contributed by atoms with Gasteiger partial charge in [0.05, 0.1) is 27.8 Å². The van der Waals surface area contributed by atoms with Crippen molar-refractivity contribution in [1.82, 2.24) is 9.88 Å². The molecule has 0 saturated heterocycles. The van der Waals surface area contributed by atoms with Gasteiger partial charge in [-0.05, 0) is 28.1 Å². The minimum Gasteiger partial charge on any atom is -0.336 e. The van der Waals surface area contributed by atoms with Crippen LogP contribution in [0.25, 0.3) is 0 Å². The fourth-order valence-electron chi connectivity index (χ4n) is 1.51. The molecule has 0 fully saturated rings. The number of carbonyl (C=O) groups is 1. The number of aromatic nitrogens is 1. The lowest BCUT2D eigenvalue weighted by Crippen LogP contribution is -2.26. The minimum atomic E-state index is -0.442. The molecule has 3 nitrogen and oxygen atoms in total. The largest absolute Gasteiger partial charge is 0.336 e. The molecule has 0 spiro atoms. The van der Waals surface area contributed by atoms with E-state index >= 15 is 0 Å². The number of benzene rings is 1. The van der Waals surface area contributed by atoms with E-state index in [2.05, 4.69) is 20.9 Å². The number of rotatable bonds is 3. The smallest absolute Gasteiger partial charge is 0.255 e. The van der Waals surface area contributed by atoms with Gasteiger partial charge in [-0.15, -0.1) is 11.3 Å². The number of halogens is 2. The van der Waals surface area contributed by atoms with Crippen molar-refractivity contribution in [2.75, 3.05) is 7.05 Å². The lowest BCUT2D eigenvalue weighted by atomic mass is 10.2. The van der Waals surface area contributed by atoms with Gasteiger partial charge in [-0.2, -0.15) is 0 Å². The van der Waals surface area contributed by atoms with E-state index in [0.717, 1.165) is 5.69 Å². The number of nitrogens with zero attached hydrogens (tertiary/aromatic N) is 2. The highest BCUT2D eigenvalue weighted by Gasteiger charge is 2.17. The van der Waals surface area contributed by atoms with Gasteiger partial charge in [0.25, 0.3) is 5.91 Å². The van der Waals surface area contributed by atoms with Crippen molar-refractivity contribution in [2.45, 2.75) is 6.54 Å². The molecule has 18 heavy (non-hydrogen) atoms. The molecule has 0 bridgehead atoms. The molecule has 94 valence electrons. The zero-order valence-electron chi connectivity index (χ0n) is 9.56. The lowest BCUT2D eigenvalue weighted by molar-refractivity contribution is 0.0782. The fourth-order valence-corrected chi connectivity index (χ4v) is 2.49. The van der Waals surface area contributed by atoms with Gasteiger partial charge in [-0.3, -0.25) is 4.79 Å². The molecule has 0 aliphatic carbocycles. The molecular formula is C12H10BrFN2OS. The molecule has 0 aliphatic rings. The van der Waals surface area contributed by atoms with Crippen LogP contribution in [0.4, 0.5) is 4.39 Å². The van der Waals surface area contributed by atoms with E-state index in [1.165, 1.54) is 28.4 Å². The third kappa shape index (κ3) is 2.76. The van der Waals surface area contributed by atoms with E-state index in [1.54, 1.807) is 18.6 Å². The van der Waals surface area contributed by atoms with Gasteiger partial charge < -0.3 is 4.90 Å². The summed E-state index contributed by atoms with van der Waals surface area (Å²) in [5.74, 6) is -0.683. The Hall–Kier alpha value is -1.27. The van der Waals surface area contributed by atoms with Crippen LogP contribution in [-0.4, -0.2) is 22.8 Å². The summed E-state index contributed by atoms with van der Waals surface area (Å²) in [5, 5.41) is 1.88. The van der Waals surface area contributed by atoms with Crippen LogP contribution in [-0.2, 0) is 6.54 Å². The van der Waals surface area contributed by atoms with E-state index in [4.69, 9.17) is 0 Å². The van der Waals surface area contributed by atoms with Crippen molar-refractivity contribution in [1.29, 1.82) is 0 Å². The second-order valence-corrected chi connectivity index (χ2v) is 5.25. The summed E-state index contributed by atoms with van der Waals surface area (Å²) in [6, 6.07) is 4.42. The first-order valence-corrected chi connectivity index (χ1v) is 6.89. The number of hydrogen-bond donors (Lipinski definition) is 0. The quantitative estimate of drug-likeness (QED) is 0.865. The van der Waals surface area contributed by atoms with Crippen molar-refractivity contribution >= 4 is 33.2 Å². The maximum atomic E-state index is 13.4. The number of thiazole rings is 1. The van der Waals surface area contributed by atoms with E-state index < -0.39 is 5.82 Å². The van der Waals surface area contributed by atoms with Gasteiger partial charge in [-0.25, -0.2) is 9.37 Å². The summed E-state index contributed by atoms with van der Waals surface area (Å²) in [6.45, 7) is 0.408. The Balaban J connectivity index is 2.18. The highest BCUT2D eigenvalue weighted by molar-refractivity contribution is 9.10. The molecule has 0 unspecified atom stereocenters. The predicted octanol–water partition coefficient (Wildman–Crippen LogP) is 3.32. The first-order chi connectivity index (χ1) is 8.59. The number of hydrogen-bond acceptors (Lipinski definition) is 3. The summed E-state index contributed by atoms with van der Waals surface area (Å²) in [4.78, 5) is 17.8. The molecule has 1 heterocycles. The summed E-state index contributed by atoms with van der Waals surface area (Å²) in [7, 11) is 1.67. The fraction of sp³-hybridized carbons (Fsp3) is 0.167. The Morgan fingerprint density at radius 2 is 2.33 bits per heavy atom. The highest BCUT2D eigenvalue weighted by atomic mass is 79.9. The zero-order chi connectivity index (χ0) is 13.1. The van der Waals surface area contributed by atoms with Crippen LogP contribution in [0.3, 0.4) is 0 Å². The van der Waals surface area contributed by atoms with Crippen LogP contribution >= 0.6 is 27.3 Å². The Morgan fingerprint density at radius 1 is 1.56 bits per heavy atom. The zero-order valence-corrected chi connectivity index (χ0v) is 12.0. The summed E-state index contributed by atoms with van der Waals surface area (Å²) in [5.41, 5.74) is 2.85. The Morgan fingerprint density at radius 3 is 3.00 bits per heavy atom. The van der Waals surface area contributed by atoms with Gasteiger partial charge in [-0.1, -0.05) is 6.07 Å². The Labute approximate surface area is 116 Å². The Bertz CT molecular complexity index is 559. The first kappa shape index (κ1) is 13.2. The monoisotopic (exact) mass is 328 g/mol. The SMILES string of the molecule is CN(Cc1cscn1)C(=O)c1cccc(F)c1Br. The first-order valence-electron chi connectivity index (χ1n) is 5.16. The second kappa shape index (κ2) is 5.58. The molecule has 6 heteroatoms. The normalized spacial score (nSPS) is 10.4. The maximum absolute atomic E-state index is 13.4. The van der Waals surface area contributed by atoms with Crippen molar-refractivity contribution in [3.63, 3.8) is 0 Å². The van der Waals surface area contributed by atoms with Crippen molar-refractivity contribution in [2.24, 2.45) is 0 Å². The van der Waals surface area contributed by atoms with Gasteiger partial charge in [0.2, 0.25) is 0 Å². The number of amides is 1. The standard InChI is InChI=1S/C12H10BrFN2OS/c1-16(5-8-6-18-7-15-8)12(17)9-3-2-4-10(14)11(9)13/h2-4,6-7H,5H2,1H3. The van der Waals surface area contributed by atoms with Crippen LogP contribution in [0.1, 0.15) is 16.1 Å². The minimum absolute atomic E-state index is 0.195. The molecule has 1 aromatic carbocycles. The second-order valence-electron chi connectivity index (χ2n) is 3.74. The van der Waals surface area contributed by atoms with Gasteiger partial charge >= 0.3 is 0 Å². The van der Waals surface area contributed by atoms with Crippen LogP contribution in [0.15, 0.2) is 33.6 Å². The molecule has 0 aliphatic heterocycles. The lowest BCUT2D eigenvalue weighted by Gasteiger charge is -2.16. The maximum Gasteiger partial charge on any atom is 0.255 e. The van der Waals surface area contributed by atoms with E-state index in [0.29, 0.717) is 12.1 Å². The van der Waals surface area contributed by atoms with Crippen LogP contribution in [0, 0.1) is 5.82 Å². The van der Waals surface area contributed by atoms with Crippen LogP contribution < -0.4 is 0 Å². The van der Waals surface area contributed by atoms with Crippen molar-refractivity contribution in [3.8, 4) is 0 Å². The summed E-state index contributed by atoms with van der Waals surface area (Å²) < 4.78 is 13.5. The topological polar surface area (TPSA) is 33.2 Å². The molecule has 2 aromatic rings. The highest BCUT2D eigenvalue weighted by Crippen LogP contribution is 2.22. The summed E-state index contributed by atoms with van der Waals surface area (Å²) in [6.07, 6.45) is 0. The van der Waals surface area contributed by atoms with Gasteiger partial charge in [0.15, 0.2) is 0 Å². The van der Waals surface area contributed by atoms with E-state index in [9.17, 15) is 9.18 Å². The van der Waals surface area contributed by atoms with Crippen LogP contribution in [0.5, 0.6) is 0 Å². The predicted molar refractivity (Wildman–Crippen MR) is 72.0 cm³/mol. The average Bonchev–Trinajstić information content (AvgIpc) is 2.84. The molecule has 1 aromatic heterocycles. The average molecular weight is 329 g/mol. The molecule has 2 rings (SSSR count). The Kier molecular flexibility index (Phi) is 4.08. The van der Waals surface area contributed by atoms with E-state index in [1.807, 2.05) is 5.38 Å². The summed E-state index contributed by atoms with van der Waals surface area (Å²) >= 11 is 4.57. The number of carbonyl (C=O) groups excluding carboxylic acids is 1. The molecule has 0 N–H and O–H groups in total.